The molecule has 0 bridgehead atoms. The molecule has 0 heterocycles. The zero-order valence-corrected chi connectivity index (χ0v) is 15.3. The SMILES string of the molecule is CNC(=O)c1ccc(/C=C/C(=O)Nc2cc(OC)c(OC)cc2C)cc1. The molecule has 2 aromatic carbocycles. The van der Waals surface area contributed by atoms with Crippen LogP contribution in [-0.2, 0) is 4.79 Å². The van der Waals surface area contributed by atoms with Crippen LogP contribution in [0.4, 0.5) is 5.69 Å². The van der Waals surface area contributed by atoms with Gasteiger partial charge in [-0.05, 0) is 42.3 Å². The quantitative estimate of drug-likeness (QED) is 0.782. The molecule has 26 heavy (non-hydrogen) atoms. The molecule has 0 aliphatic carbocycles. The minimum Gasteiger partial charge on any atom is -0.493 e. The molecule has 0 atom stereocenters. The Labute approximate surface area is 152 Å². The summed E-state index contributed by atoms with van der Waals surface area (Å²) in [5.74, 6) is 0.731. The number of methoxy groups -OCH3 is 2. The van der Waals surface area contributed by atoms with Gasteiger partial charge in [0.05, 0.1) is 14.2 Å². The number of rotatable bonds is 6. The highest BCUT2D eigenvalue weighted by atomic mass is 16.5. The molecule has 0 spiro atoms. The summed E-state index contributed by atoms with van der Waals surface area (Å²) >= 11 is 0. The van der Waals surface area contributed by atoms with Crippen molar-refractivity contribution in [3.63, 3.8) is 0 Å². The largest absolute Gasteiger partial charge is 0.493 e. The first kappa shape index (κ1) is 19.1. The first-order valence-electron chi connectivity index (χ1n) is 8.02. The molecule has 0 unspecified atom stereocenters. The summed E-state index contributed by atoms with van der Waals surface area (Å²) in [6.45, 7) is 1.87. The summed E-state index contributed by atoms with van der Waals surface area (Å²) in [4.78, 5) is 23.7. The molecule has 0 saturated heterocycles. The lowest BCUT2D eigenvalue weighted by atomic mass is 10.1. The molecule has 2 rings (SSSR count). The van der Waals surface area contributed by atoms with Gasteiger partial charge in [0.1, 0.15) is 0 Å². The van der Waals surface area contributed by atoms with Crippen LogP contribution in [0.5, 0.6) is 11.5 Å². The minimum absolute atomic E-state index is 0.151. The van der Waals surface area contributed by atoms with Crippen molar-refractivity contribution < 1.29 is 19.1 Å². The Balaban J connectivity index is 2.08. The fourth-order valence-corrected chi connectivity index (χ4v) is 2.35. The molecule has 136 valence electrons. The fraction of sp³-hybridized carbons (Fsp3) is 0.200. The molecular weight excluding hydrogens is 332 g/mol. The van der Waals surface area contributed by atoms with Crippen molar-refractivity contribution in [3.05, 3.63) is 59.2 Å². The third-order valence-corrected chi connectivity index (χ3v) is 3.82. The standard InChI is InChI=1S/C20H22N2O4/c1-13-11-17(25-3)18(26-4)12-16(13)22-19(23)10-7-14-5-8-15(9-6-14)20(24)21-2/h5-12H,1-4H3,(H,21,24)(H,22,23)/b10-7+. The molecule has 0 saturated carbocycles. The summed E-state index contributed by atoms with van der Waals surface area (Å²) < 4.78 is 10.5. The number of aryl methyl sites for hydroxylation is 1. The van der Waals surface area contributed by atoms with Crippen LogP contribution in [0.25, 0.3) is 6.08 Å². The second kappa shape index (κ2) is 8.71. The van der Waals surface area contributed by atoms with E-state index in [1.807, 2.05) is 6.92 Å². The van der Waals surface area contributed by atoms with E-state index < -0.39 is 0 Å². The Hall–Kier alpha value is -3.28. The number of carbonyl (C=O) groups excluding carboxylic acids is 2. The van der Waals surface area contributed by atoms with Gasteiger partial charge in [0.15, 0.2) is 11.5 Å². The number of benzene rings is 2. The van der Waals surface area contributed by atoms with Gasteiger partial charge >= 0.3 is 0 Å². The summed E-state index contributed by atoms with van der Waals surface area (Å²) in [6, 6.07) is 10.5. The van der Waals surface area contributed by atoms with Crippen molar-refractivity contribution in [2.75, 3.05) is 26.6 Å². The fourth-order valence-electron chi connectivity index (χ4n) is 2.35. The first-order valence-corrected chi connectivity index (χ1v) is 8.02. The van der Waals surface area contributed by atoms with Gasteiger partial charge in [0.25, 0.3) is 5.91 Å². The molecule has 2 amide bonds. The molecule has 0 aromatic heterocycles. The second-order valence-electron chi connectivity index (χ2n) is 5.55. The van der Waals surface area contributed by atoms with Crippen LogP contribution in [0.2, 0.25) is 0 Å². The van der Waals surface area contributed by atoms with E-state index in [-0.39, 0.29) is 11.8 Å². The van der Waals surface area contributed by atoms with Crippen molar-refractivity contribution in [1.82, 2.24) is 5.32 Å². The lowest BCUT2D eigenvalue weighted by Gasteiger charge is -2.12. The van der Waals surface area contributed by atoms with Crippen LogP contribution in [0.1, 0.15) is 21.5 Å². The highest BCUT2D eigenvalue weighted by Gasteiger charge is 2.10. The van der Waals surface area contributed by atoms with Gasteiger partial charge in [0.2, 0.25) is 5.91 Å². The lowest BCUT2D eigenvalue weighted by molar-refractivity contribution is -0.111. The van der Waals surface area contributed by atoms with Crippen LogP contribution in [0.15, 0.2) is 42.5 Å². The summed E-state index contributed by atoms with van der Waals surface area (Å²) in [5.41, 5.74) is 2.89. The average molecular weight is 354 g/mol. The number of ether oxygens (including phenoxy) is 2. The average Bonchev–Trinajstić information content (AvgIpc) is 2.67. The molecule has 2 N–H and O–H groups in total. The number of hydrogen-bond donors (Lipinski definition) is 2. The van der Waals surface area contributed by atoms with Crippen molar-refractivity contribution in [1.29, 1.82) is 0 Å². The van der Waals surface area contributed by atoms with Gasteiger partial charge in [-0.25, -0.2) is 0 Å². The van der Waals surface area contributed by atoms with Crippen LogP contribution in [0, 0.1) is 6.92 Å². The Morgan fingerprint density at radius 3 is 2.19 bits per heavy atom. The monoisotopic (exact) mass is 354 g/mol. The molecule has 0 radical (unpaired) electrons. The van der Waals surface area contributed by atoms with E-state index >= 15 is 0 Å². The molecule has 0 aliphatic rings. The summed E-state index contributed by atoms with van der Waals surface area (Å²) in [6.07, 6.45) is 3.12. The van der Waals surface area contributed by atoms with E-state index in [1.54, 1.807) is 63.7 Å². The summed E-state index contributed by atoms with van der Waals surface area (Å²) in [7, 11) is 4.69. The maximum absolute atomic E-state index is 12.2. The molecule has 6 nitrogen and oxygen atoms in total. The van der Waals surface area contributed by atoms with Crippen molar-refractivity contribution in [2.45, 2.75) is 6.92 Å². The first-order chi connectivity index (χ1) is 12.5. The number of hydrogen-bond acceptors (Lipinski definition) is 4. The maximum Gasteiger partial charge on any atom is 0.251 e. The third-order valence-electron chi connectivity index (χ3n) is 3.82. The summed E-state index contributed by atoms with van der Waals surface area (Å²) in [5, 5.41) is 5.38. The van der Waals surface area contributed by atoms with Crippen molar-refractivity contribution >= 4 is 23.6 Å². The predicted octanol–water partition coefficient (Wildman–Crippen LogP) is 3.02. The molecule has 6 heteroatoms. The van der Waals surface area contributed by atoms with E-state index in [9.17, 15) is 9.59 Å². The highest BCUT2D eigenvalue weighted by Crippen LogP contribution is 2.32. The number of anilines is 1. The Bertz CT molecular complexity index is 826. The van der Waals surface area contributed by atoms with Gasteiger partial charge in [-0.1, -0.05) is 12.1 Å². The van der Waals surface area contributed by atoms with E-state index in [0.717, 1.165) is 11.1 Å². The van der Waals surface area contributed by atoms with Crippen LogP contribution in [-0.4, -0.2) is 33.1 Å². The Morgan fingerprint density at radius 2 is 1.62 bits per heavy atom. The zero-order chi connectivity index (χ0) is 19.1. The maximum atomic E-state index is 12.2. The van der Waals surface area contributed by atoms with Crippen molar-refractivity contribution in [2.24, 2.45) is 0 Å². The Kier molecular flexibility index (Phi) is 6.38. The van der Waals surface area contributed by atoms with Crippen LogP contribution in [0.3, 0.4) is 0 Å². The predicted molar refractivity (Wildman–Crippen MR) is 102 cm³/mol. The second-order valence-corrected chi connectivity index (χ2v) is 5.55. The van der Waals surface area contributed by atoms with E-state index in [1.165, 1.54) is 6.08 Å². The number of amides is 2. The van der Waals surface area contributed by atoms with Crippen LogP contribution >= 0.6 is 0 Å². The van der Waals surface area contributed by atoms with Crippen molar-refractivity contribution in [3.8, 4) is 11.5 Å². The van der Waals surface area contributed by atoms with Gasteiger partial charge in [0, 0.05) is 30.4 Å². The third kappa shape index (κ3) is 4.63. The van der Waals surface area contributed by atoms with Gasteiger partial charge in [-0.3, -0.25) is 9.59 Å². The molecule has 2 aromatic rings. The molecule has 0 fully saturated rings. The Morgan fingerprint density at radius 1 is 1.00 bits per heavy atom. The van der Waals surface area contributed by atoms with Gasteiger partial charge in [-0.2, -0.15) is 0 Å². The zero-order valence-electron chi connectivity index (χ0n) is 15.3. The molecule has 0 aliphatic heterocycles. The number of carbonyl (C=O) groups is 2. The van der Waals surface area contributed by atoms with Gasteiger partial charge < -0.3 is 20.1 Å². The normalized spacial score (nSPS) is 10.5. The minimum atomic E-state index is -0.268. The topological polar surface area (TPSA) is 76.7 Å². The lowest BCUT2D eigenvalue weighted by Crippen LogP contribution is -2.17. The van der Waals surface area contributed by atoms with E-state index in [2.05, 4.69) is 10.6 Å². The van der Waals surface area contributed by atoms with E-state index in [4.69, 9.17) is 9.47 Å². The van der Waals surface area contributed by atoms with Gasteiger partial charge in [-0.15, -0.1) is 0 Å². The van der Waals surface area contributed by atoms with Crippen LogP contribution < -0.4 is 20.1 Å². The highest BCUT2D eigenvalue weighted by molar-refractivity contribution is 6.02. The van der Waals surface area contributed by atoms with E-state index in [0.29, 0.717) is 22.7 Å². The smallest absolute Gasteiger partial charge is 0.251 e. The number of nitrogens with one attached hydrogen (secondary N) is 2. The molecular formula is C20H22N2O4.